The number of aryl methyl sites for hydroxylation is 1. The number of carbonyl (C=O) groups excluding carboxylic acids is 1. The van der Waals surface area contributed by atoms with E-state index in [1.165, 1.54) is 17.3 Å². The summed E-state index contributed by atoms with van der Waals surface area (Å²) in [6.45, 7) is 5.99. The number of imidazole rings is 1. The number of amides is 1. The summed E-state index contributed by atoms with van der Waals surface area (Å²) < 4.78 is 1.60. The number of hydrogen-bond donors (Lipinski definition) is 1. The first-order valence-electron chi connectivity index (χ1n) is 8.38. The maximum absolute atomic E-state index is 11.7. The van der Waals surface area contributed by atoms with Crippen molar-refractivity contribution in [2.75, 3.05) is 0 Å². The lowest BCUT2D eigenvalue weighted by molar-refractivity contribution is 0.0995. The highest BCUT2D eigenvalue weighted by Gasteiger charge is 2.19. The van der Waals surface area contributed by atoms with E-state index in [2.05, 4.69) is 17.0 Å². The number of nitrogens with zero attached hydrogens (tertiary/aromatic N) is 3. The van der Waals surface area contributed by atoms with E-state index in [0.717, 1.165) is 21.0 Å². The quantitative estimate of drug-likeness (QED) is 0.583. The third-order valence-corrected chi connectivity index (χ3v) is 5.13. The van der Waals surface area contributed by atoms with Crippen molar-refractivity contribution >= 4 is 23.3 Å². The molecule has 1 radical (unpaired) electrons. The zero-order valence-corrected chi connectivity index (χ0v) is 15.5. The summed E-state index contributed by atoms with van der Waals surface area (Å²) in [5, 5.41) is 5.40. The molecule has 5 nitrogen and oxygen atoms in total. The summed E-state index contributed by atoms with van der Waals surface area (Å²) in [7, 11) is 0. The molecule has 27 heavy (non-hydrogen) atoms. The standard InChI is InChI=1S/C21H17N4OS/c1-13-8-10-15(11-9-13)17-12-18(27-16-6-4-3-5-7-16)24-25-14(2)19(20(22)26)23-21(17)25/h3-12H,2H2,1H3,(H2,22,26). The lowest BCUT2D eigenvalue weighted by Crippen LogP contribution is -2.13. The van der Waals surface area contributed by atoms with Crippen LogP contribution in [-0.2, 0) is 0 Å². The molecule has 6 heteroatoms. The van der Waals surface area contributed by atoms with Gasteiger partial charge in [-0.05, 0) is 37.6 Å². The molecule has 4 rings (SSSR count). The second kappa shape index (κ2) is 6.89. The van der Waals surface area contributed by atoms with Gasteiger partial charge in [-0.2, -0.15) is 5.10 Å². The van der Waals surface area contributed by atoms with E-state index in [1.807, 2.05) is 67.6 Å². The first kappa shape index (κ1) is 17.3. The minimum Gasteiger partial charge on any atom is -0.364 e. The van der Waals surface area contributed by atoms with Gasteiger partial charge in [-0.15, -0.1) is 0 Å². The normalized spacial score (nSPS) is 11.0. The number of primary amides is 1. The van der Waals surface area contributed by atoms with Gasteiger partial charge in [-0.25, -0.2) is 9.50 Å². The van der Waals surface area contributed by atoms with Crippen LogP contribution in [0.2, 0.25) is 0 Å². The van der Waals surface area contributed by atoms with Gasteiger partial charge in [0, 0.05) is 10.5 Å². The van der Waals surface area contributed by atoms with E-state index in [4.69, 9.17) is 5.73 Å². The minimum atomic E-state index is -0.613. The number of aromatic nitrogens is 3. The Morgan fingerprint density at radius 3 is 2.48 bits per heavy atom. The van der Waals surface area contributed by atoms with Crippen LogP contribution in [-0.4, -0.2) is 20.5 Å². The van der Waals surface area contributed by atoms with Crippen LogP contribution in [0, 0.1) is 13.8 Å². The van der Waals surface area contributed by atoms with Gasteiger partial charge in [0.2, 0.25) is 0 Å². The fourth-order valence-electron chi connectivity index (χ4n) is 2.85. The topological polar surface area (TPSA) is 73.3 Å². The molecule has 0 fully saturated rings. The maximum Gasteiger partial charge on any atom is 0.269 e. The molecule has 2 aromatic carbocycles. The summed E-state index contributed by atoms with van der Waals surface area (Å²) in [6, 6.07) is 20.1. The van der Waals surface area contributed by atoms with Gasteiger partial charge in [-0.3, -0.25) is 4.79 Å². The molecule has 1 amide bonds. The van der Waals surface area contributed by atoms with Crippen molar-refractivity contribution < 1.29 is 4.79 Å². The van der Waals surface area contributed by atoms with Gasteiger partial charge >= 0.3 is 0 Å². The lowest BCUT2D eigenvalue weighted by Gasteiger charge is -2.08. The van der Waals surface area contributed by atoms with Crippen LogP contribution < -0.4 is 5.73 Å². The fourth-order valence-corrected chi connectivity index (χ4v) is 3.68. The molecule has 2 heterocycles. The van der Waals surface area contributed by atoms with E-state index >= 15 is 0 Å². The van der Waals surface area contributed by atoms with Gasteiger partial charge in [-0.1, -0.05) is 59.8 Å². The number of rotatable bonds is 4. The summed E-state index contributed by atoms with van der Waals surface area (Å²) in [5.74, 6) is -0.613. The third-order valence-electron chi connectivity index (χ3n) is 4.22. The molecular formula is C21H17N4OS. The molecule has 2 N–H and O–H groups in total. The van der Waals surface area contributed by atoms with E-state index in [0.29, 0.717) is 11.3 Å². The second-order valence-electron chi connectivity index (χ2n) is 6.18. The number of fused-ring (bicyclic) bond motifs is 1. The summed E-state index contributed by atoms with van der Waals surface area (Å²) in [4.78, 5) is 17.2. The Balaban J connectivity index is 1.94. The van der Waals surface area contributed by atoms with Crippen molar-refractivity contribution in [2.24, 2.45) is 5.73 Å². The van der Waals surface area contributed by atoms with Crippen LogP contribution >= 0.6 is 11.8 Å². The van der Waals surface area contributed by atoms with Crippen molar-refractivity contribution in [3.05, 3.63) is 84.5 Å². The highest BCUT2D eigenvalue weighted by molar-refractivity contribution is 7.99. The molecule has 0 spiro atoms. The largest absolute Gasteiger partial charge is 0.364 e. The first-order valence-corrected chi connectivity index (χ1v) is 9.20. The van der Waals surface area contributed by atoms with Crippen molar-refractivity contribution in [1.82, 2.24) is 14.6 Å². The lowest BCUT2D eigenvalue weighted by atomic mass is 10.1. The highest BCUT2D eigenvalue weighted by atomic mass is 32.2. The van der Waals surface area contributed by atoms with E-state index < -0.39 is 5.91 Å². The summed E-state index contributed by atoms with van der Waals surface area (Å²) in [5.41, 5.74) is 9.59. The summed E-state index contributed by atoms with van der Waals surface area (Å²) >= 11 is 1.54. The predicted octanol–water partition coefficient (Wildman–Crippen LogP) is 4.14. The predicted molar refractivity (Wildman–Crippen MR) is 107 cm³/mol. The van der Waals surface area contributed by atoms with Gasteiger partial charge in [0.1, 0.15) is 5.03 Å². The molecule has 0 saturated heterocycles. The van der Waals surface area contributed by atoms with Crippen LogP contribution in [0.3, 0.4) is 0 Å². The Morgan fingerprint density at radius 1 is 1.11 bits per heavy atom. The first-order chi connectivity index (χ1) is 13.0. The zero-order valence-electron chi connectivity index (χ0n) is 14.7. The Hall–Kier alpha value is -3.12. The SMILES string of the molecule is [CH2]c1c(C(N)=O)nc2c(-c3ccc(C)cc3)cc(Sc3ccccc3)nn12. The monoisotopic (exact) mass is 373 g/mol. The van der Waals surface area contributed by atoms with Crippen molar-refractivity contribution in [3.63, 3.8) is 0 Å². The number of carbonyl (C=O) groups is 1. The molecule has 0 aliphatic carbocycles. The average molecular weight is 373 g/mol. The molecule has 0 aliphatic rings. The molecule has 0 atom stereocenters. The van der Waals surface area contributed by atoms with Crippen LogP contribution in [0.1, 0.15) is 21.7 Å². The molecular weight excluding hydrogens is 356 g/mol. The molecule has 133 valence electrons. The molecule has 0 unspecified atom stereocenters. The van der Waals surface area contributed by atoms with Crippen LogP contribution in [0.5, 0.6) is 0 Å². The number of hydrogen-bond acceptors (Lipinski definition) is 4. The molecule has 4 aromatic rings. The van der Waals surface area contributed by atoms with Crippen molar-refractivity contribution in [1.29, 1.82) is 0 Å². The molecule has 0 bridgehead atoms. The van der Waals surface area contributed by atoms with Gasteiger partial charge in [0.05, 0.1) is 5.69 Å². The molecule has 2 aromatic heterocycles. The Morgan fingerprint density at radius 2 is 1.81 bits per heavy atom. The second-order valence-corrected chi connectivity index (χ2v) is 7.28. The zero-order chi connectivity index (χ0) is 19.0. The Labute approximate surface area is 161 Å². The fraction of sp³-hybridized carbons (Fsp3) is 0.0476. The van der Waals surface area contributed by atoms with Crippen LogP contribution in [0.25, 0.3) is 16.8 Å². The van der Waals surface area contributed by atoms with Crippen molar-refractivity contribution in [2.45, 2.75) is 16.8 Å². The number of nitrogens with two attached hydrogens (primary N) is 1. The van der Waals surface area contributed by atoms with Crippen LogP contribution in [0.15, 0.2) is 70.6 Å². The highest BCUT2D eigenvalue weighted by Crippen LogP contribution is 2.32. The van der Waals surface area contributed by atoms with Crippen molar-refractivity contribution in [3.8, 4) is 11.1 Å². The van der Waals surface area contributed by atoms with E-state index in [9.17, 15) is 4.79 Å². The van der Waals surface area contributed by atoms with Crippen LogP contribution in [0.4, 0.5) is 0 Å². The van der Waals surface area contributed by atoms with Gasteiger partial charge in [0.15, 0.2) is 11.3 Å². The Kier molecular flexibility index (Phi) is 4.41. The summed E-state index contributed by atoms with van der Waals surface area (Å²) in [6.07, 6.45) is 0. The van der Waals surface area contributed by atoms with E-state index in [1.54, 1.807) is 4.52 Å². The molecule has 0 saturated carbocycles. The molecule has 0 aliphatic heterocycles. The average Bonchev–Trinajstić information content (AvgIpc) is 3.00. The van der Waals surface area contributed by atoms with E-state index in [-0.39, 0.29) is 5.69 Å². The Bertz CT molecular complexity index is 1130. The third kappa shape index (κ3) is 3.31. The smallest absolute Gasteiger partial charge is 0.269 e. The number of benzene rings is 2. The van der Waals surface area contributed by atoms with Gasteiger partial charge in [0.25, 0.3) is 5.91 Å². The minimum absolute atomic E-state index is 0.137. The van der Waals surface area contributed by atoms with Gasteiger partial charge < -0.3 is 5.73 Å². The maximum atomic E-state index is 11.7.